The Hall–Kier alpha value is -1.90. The number of hydrogen-bond acceptors (Lipinski definition) is 3. The normalized spacial score (nSPS) is 13.9. The van der Waals surface area contributed by atoms with Gasteiger partial charge in [0.1, 0.15) is 5.75 Å². The van der Waals surface area contributed by atoms with Gasteiger partial charge in [0.15, 0.2) is 11.6 Å². The second-order valence-corrected chi connectivity index (χ2v) is 3.17. The van der Waals surface area contributed by atoms with Crippen LogP contribution in [-0.2, 0) is 0 Å². The van der Waals surface area contributed by atoms with Gasteiger partial charge in [0, 0.05) is 5.56 Å². The van der Waals surface area contributed by atoms with Crippen molar-refractivity contribution in [2.24, 2.45) is 0 Å². The summed E-state index contributed by atoms with van der Waals surface area (Å²) < 4.78 is 5.32. The van der Waals surface area contributed by atoms with E-state index >= 15 is 0 Å². The number of ketones is 2. The third-order valence-corrected chi connectivity index (χ3v) is 2.22. The molecule has 0 bridgehead atoms. The second-order valence-electron chi connectivity index (χ2n) is 3.17. The van der Waals surface area contributed by atoms with Crippen LogP contribution in [0.1, 0.15) is 27.6 Å². The highest BCUT2D eigenvalue weighted by atomic mass is 16.5. The topological polar surface area (TPSA) is 43.4 Å². The van der Waals surface area contributed by atoms with E-state index in [0.717, 1.165) is 0 Å². The molecule has 76 valence electrons. The van der Waals surface area contributed by atoms with Crippen molar-refractivity contribution in [1.82, 2.24) is 0 Å². The zero-order valence-electron chi connectivity index (χ0n) is 8.32. The van der Waals surface area contributed by atoms with Gasteiger partial charge in [-0.15, -0.1) is 0 Å². The Morgan fingerprint density at radius 2 is 1.87 bits per heavy atom. The highest BCUT2D eigenvalue weighted by Gasteiger charge is 2.22. The average Bonchev–Trinajstić information content (AvgIpc) is 2.24. The lowest BCUT2D eigenvalue weighted by Gasteiger charge is -2.13. The zero-order valence-corrected chi connectivity index (χ0v) is 8.32. The molecule has 0 heterocycles. The van der Waals surface area contributed by atoms with Crippen molar-refractivity contribution in [1.29, 1.82) is 0 Å². The number of carbonyl (C=O) groups excluding carboxylic acids is 2. The Bertz CT molecular complexity index is 458. The molecule has 0 amide bonds. The number of carbonyl (C=O) groups is 2. The fraction of sp³-hybridized carbons (Fsp3) is 0.167. The summed E-state index contributed by atoms with van der Waals surface area (Å²) in [4.78, 5) is 23.1. The lowest BCUT2D eigenvalue weighted by Crippen LogP contribution is -2.13. The van der Waals surface area contributed by atoms with Crippen molar-refractivity contribution >= 4 is 11.6 Å². The Kier molecular flexibility index (Phi) is 2.37. The smallest absolute Gasteiger partial charge is 0.190 e. The summed E-state index contributed by atoms with van der Waals surface area (Å²) in [5, 5.41) is 0. The van der Waals surface area contributed by atoms with Crippen LogP contribution in [0.15, 0.2) is 30.4 Å². The van der Waals surface area contributed by atoms with Crippen LogP contribution in [0.3, 0.4) is 0 Å². The summed E-state index contributed by atoms with van der Waals surface area (Å²) in [5.74, 6) is 0.164. The van der Waals surface area contributed by atoms with Crippen LogP contribution >= 0.6 is 0 Å². The van der Waals surface area contributed by atoms with Gasteiger partial charge in [0.2, 0.25) is 0 Å². The number of allylic oxidation sites excluding steroid dienone is 2. The van der Waals surface area contributed by atoms with Gasteiger partial charge in [-0.2, -0.15) is 0 Å². The standard InChI is InChI=1S/C12H10O3/c1-2-15-11-5-3-4-8-9(13)6-7-10(14)12(8)11/h3-7H,2H2,1H3. The van der Waals surface area contributed by atoms with Crippen molar-refractivity contribution in [2.45, 2.75) is 6.92 Å². The third-order valence-electron chi connectivity index (χ3n) is 2.22. The molecule has 1 aromatic carbocycles. The van der Waals surface area contributed by atoms with Crippen molar-refractivity contribution < 1.29 is 14.3 Å². The predicted molar refractivity (Wildman–Crippen MR) is 55.4 cm³/mol. The third kappa shape index (κ3) is 1.56. The van der Waals surface area contributed by atoms with Crippen LogP contribution in [0, 0.1) is 0 Å². The van der Waals surface area contributed by atoms with Crippen molar-refractivity contribution in [3.8, 4) is 5.75 Å². The first-order valence-corrected chi connectivity index (χ1v) is 4.76. The minimum atomic E-state index is -0.173. The van der Waals surface area contributed by atoms with Gasteiger partial charge in [-0.3, -0.25) is 9.59 Å². The molecule has 0 saturated carbocycles. The van der Waals surface area contributed by atoms with E-state index in [1.807, 2.05) is 6.92 Å². The van der Waals surface area contributed by atoms with Crippen LogP contribution in [-0.4, -0.2) is 18.2 Å². The molecule has 0 saturated heterocycles. The molecule has 1 aliphatic rings. The summed E-state index contributed by atoms with van der Waals surface area (Å²) >= 11 is 0. The minimum Gasteiger partial charge on any atom is -0.493 e. The molecule has 1 aliphatic carbocycles. The maximum absolute atomic E-state index is 11.6. The van der Waals surface area contributed by atoms with E-state index in [4.69, 9.17) is 4.74 Å². The first-order valence-electron chi connectivity index (χ1n) is 4.76. The molecular weight excluding hydrogens is 192 g/mol. The van der Waals surface area contributed by atoms with Gasteiger partial charge in [-0.25, -0.2) is 0 Å². The van der Waals surface area contributed by atoms with Gasteiger partial charge >= 0.3 is 0 Å². The predicted octanol–water partition coefficient (Wildman–Crippen LogP) is 2.02. The number of ether oxygens (including phenoxy) is 1. The second kappa shape index (κ2) is 3.69. The Labute approximate surface area is 87.4 Å². The van der Waals surface area contributed by atoms with E-state index in [0.29, 0.717) is 23.5 Å². The summed E-state index contributed by atoms with van der Waals surface area (Å²) in [7, 11) is 0. The van der Waals surface area contributed by atoms with E-state index in [1.54, 1.807) is 18.2 Å². The Balaban J connectivity index is 2.60. The van der Waals surface area contributed by atoms with E-state index in [-0.39, 0.29) is 11.6 Å². The molecule has 15 heavy (non-hydrogen) atoms. The van der Waals surface area contributed by atoms with Crippen LogP contribution in [0.5, 0.6) is 5.75 Å². The molecule has 0 unspecified atom stereocenters. The Morgan fingerprint density at radius 3 is 2.60 bits per heavy atom. The molecule has 0 spiro atoms. The van der Waals surface area contributed by atoms with Gasteiger partial charge in [-0.1, -0.05) is 12.1 Å². The summed E-state index contributed by atoms with van der Waals surface area (Å²) in [6.45, 7) is 2.31. The highest BCUT2D eigenvalue weighted by Crippen LogP contribution is 2.26. The minimum absolute atomic E-state index is 0.147. The molecule has 0 atom stereocenters. The lowest BCUT2D eigenvalue weighted by molar-refractivity contribution is 0.0991. The number of fused-ring (bicyclic) bond motifs is 1. The van der Waals surface area contributed by atoms with E-state index in [9.17, 15) is 9.59 Å². The van der Waals surface area contributed by atoms with Gasteiger partial charge in [0.05, 0.1) is 12.2 Å². The van der Waals surface area contributed by atoms with Crippen LogP contribution in [0.2, 0.25) is 0 Å². The molecule has 0 N–H and O–H groups in total. The van der Waals surface area contributed by atoms with Crippen molar-refractivity contribution in [3.05, 3.63) is 41.5 Å². The monoisotopic (exact) mass is 202 g/mol. The molecule has 1 aromatic rings. The fourth-order valence-electron chi connectivity index (χ4n) is 1.59. The van der Waals surface area contributed by atoms with Gasteiger partial charge in [0.25, 0.3) is 0 Å². The molecule has 0 radical (unpaired) electrons. The zero-order chi connectivity index (χ0) is 10.8. The first-order chi connectivity index (χ1) is 7.24. The lowest BCUT2D eigenvalue weighted by atomic mass is 9.94. The fourth-order valence-corrected chi connectivity index (χ4v) is 1.59. The summed E-state index contributed by atoms with van der Waals surface area (Å²) in [6.07, 6.45) is 2.58. The molecule has 2 rings (SSSR count). The summed E-state index contributed by atoms with van der Waals surface area (Å²) in [5.41, 5.74) is 0.806. The maximum Gasteiger partial charge on any atom is 0.190 e. The SMILES string of the molecule is CCOc1cccc2c1C(=O)C=CC2=O. The van der Waals surface area contributed by atoms with E-state index < -0.39 is 0 Å². The quantitative estimate of drug-likeness (QED) is 0.736. The number of benzene rings is 1. The summed E-state index contributed by atoms with van der Waals surface area (Å²) in [6, 6.07) is 5.06. The Morgan fingerprint density at radius 1 is 1.13 bits per heavy atom. The molecule has 0 fully saturated rings. The van der Waals surface area contributed by atoms with Crippen molar-refractivity contribution in [3.63, 3.8) is 0 Å². The number of rotatable bonds is 2. The van der Waals surface area contributed by atoms with E-state index in [1.165, 1.54) is 12.2 Å². The maximum atomic E-state index is 11.6. The first kappa shape index (κ1) is 9.65. The molecule has 0 aromatic heterocycles. The van der Waals surface area contributed by atoms with Crippen LogP contribution < -0.4 is 4.74 Å². The average molecular weight is 202 g/mol. The van der Waals surface area contributed by atoms with Gasteiger partial charge in [-0.05, 0) is 25.1 Å². The van der Waals surface area contributed by atoms with Crippen LogP contribution in [0.25, 0.3) is 0 Å². The molecular formula is C12H10O3. The van der Waals surface area contributed by atoms with E-state index in [2.05, 4.69) is 0 Å². The molecule has 3 nitrogen and oxygen atoms in total. The highest BCUT2D eigenvalue weighted by molar-refractivity contribution is 6.23. The van der Waals surface area contributed by atoms with Gasteiger partial charge < -0.3 is 4.74 Å². The number of hydrogen-bond donors (Lipinski definition) is 0. The molecule has 0 aliphatic heterocycles. The largest absolute Gasteiger partial charge is 0.493 e. The van der Waals surface area contributed by atoms with Crippen molar-refractivity contribution in [2.75, 3.05) is 6.61 Å². The molecule has 3 heteroatoms. The van der Waals surface area contributed by atoms with Crippen LogP contribution in [0.4, 0.5) is 0 Å².